The molecule has 8 heteroatoms. The zero-order chi connectivity index (χ0) is 22.0. The van der Waals surface area contributed by atoms with Gasteiger partial charge in [0.1, 0.15) is 5.75 Å². The molecule has 1 aliphatic heterocycles. The quantitative estimate of drug-likeness (QED) is 0.603. The summed E-state index contributed by atoms with van der Waals surface area (Å²) < 4.78 is 10.7. The van der Waals surface area contributed by atoms with Gasteiger partial charge in [0.25, 0.3) is 0 Å². The Morgan fingerprint density at radius 3 is 2.71 bits per heavy atom. The zero-order valence-electron chi connectivity index (χ0n) is 18.3. The lowest BCUT2D eigenvalue weighted by Crippen LogP contribution is -2.32. The van der Waals surface area contributed by atoms with Gasteiger partial charge >= 0.3 is 0 Å². The van der Waals surface area contributed by atoms with Crippen molar-refractivity contribution in [3.05, 3.63) is 53.5 Å². The van der Waals surface area contributed by atoms with Crippen LogP contribution in [0.5, 0.6) is 5.75 Å². The number of nitrogens with zero attached hydrogens (tertiary/aromatic N) is 5. The van der Waals surface area contributed by atoms with Gasteiger partial charge in [0, 0.05) is 32.9 Å². The molecule has 1 aromatic carbocycles. The molecule has 0 aliphatic carbocycles. The maximum absolute atomic E-state index is 13.2. The zero-order valence-corrected chi connectivity index (χ0v) is 18.3. The van der Waals surface area contributed by atoms with E-state index in [-0.39, 0.29) is 11.9 Å². The van der Waals surface area contributed by atoms with Gasteiger partial charge in [-0.05, 0) is 37.5 Å². The molecule has 0 spiro atoms. The predicted molar refractivity (Wildman–Crippen MR) is 117 cm³/mol. The first-order chi connectivity index (χ1) is 15.0. The van der Waals surface area contributed by atoms with E-state index in [0.717, 1.165) is 41.1 Å². The lowest BCUT2D eigenvalue weighted by molar-refractivity contribution is -0.131. The van der Waals surface area contributed by atoms with Crippen LogP contribution in [0, 0.1) is 6.92 Å². The van der Waals surface area contributed by atoms with Crippen molar-refractivity contribution in [1.82, 2.24) is 20.0 Å². The predicted octanol–water partition coefficient (Wildman–Crippen LogP) is 3.42. The van der Waals surface area contributed by atoms with Crippen molar-refractivity contribution < 1.29 is 14.1 Å². The Kier molecular flexibility index (Phi) is 5.88. The second-order valence-electron chi connectivity index (χ2n) is 7.97. The highest BCUT2D eigenvalue weighted by Gasteiger charge is 2.34. The molecule has 4 rings (SSSR count). The number of rotatable bonds is 6. The van der Waals surface area contributed by atoms with Crippen LogP contribution in [0.3, 0.4) is 0 Å². The van der Waals surface area contributed by atoms with Crippen LogP contribution in [0.25, 0.3) is 11.3 Å². The minimum atomic E-state index is -0.132. The number of aryl methyl sites for hydroxylation is 1. The Morgan fingerprint density at radius 2 is 2.06 bits per heavy atom. The van der Waals surface area contributed by atoms with Crippen molar-refractivity contribution in [1.29, 1.82) is 0 Å². The molecule has 0 N–H and O–H groups in total. The van der Waals surface area contributed by atoms with Gasteiger partial charge in [-0.15, -0.1) is 0 Å². The Morgan fingerprint density at radius 1 is 1.29 bits per heavy atom. The van der Waals surface area contributed by atoms with Gasteiger partial charge in [0.15, 0.2) is 5.76 Å². The summed E-state index contributed by atoms with van der Waals surface area (Å²) in [6, 6.07) is 9.35. The average molecular weight is 422 g/mol. The van der Waals surface area contributed by atoms with E-state index in [0.29, 0.717) is 24.7 Å². The molecule has 162 valence electrons. The molecule has 1 amide bonds. The molecule has 3 heterocycles. The summed E-state index contributed by atoms with van der Waals surface area (Å²) in [5.74, 6) is 2.08. The Hall–Kier alpha value is -3.42. The molecule has 31 heavy (non-hydrogen) atoms. The number of carbonyl (C=O) groups excluding carboxylic acids is 1. The first kappa shape index (κ1) is 20.8. The van der Waals surface area contributed by atoms with Gasteiger partial charge in [-0.25, -0.2) is 9.97 Å². The van der Waals surface area contributed by atoms with E-state index in [1.807, 2.05) is 61.2 Å². The summed E-state index contributed by atoms with van der Waals surface area (Å²) in [7, 11) is 5.43. The summed E-state index contributed by atoms with van der Waals surface area (Å²) in [4.78, 5) is 26.3. The number of anilines is 1. The van der Waals surface area contributed by atoms with Crippen LogP contribution in [-0.4, -0.2) is 53.7 Å². The molecule has 1 atom stereocenters. The lowest BCUT2D eigenvalue weighted by atomic mass is 10.0. The Labute approximate surface area is 181 Å². The van der Waals surface area contributed by atoms with E-state index in [4.69, 9.17) is 14.2 Å². The molecular weight excluding hydrogens is 394 g/mol. The van der Waals surface area contributed by atoms with Crippen LogP contribution in [0.15, 0.2) is 41.1 Å². The number of aromatic nitrogens is 3. The average Bonchev–Trinajstić information content (AvgIpc) is 3.43. The largest absolute Gasteiger partial charge is 0.497 e. The van der Waals surface area contributed by atoms with Gasteiger partial charge < -0.3 is 19.1 Å². The van der Waals surface area contributed by atoms with Crippen molar-refractivity contribution in [3.8, 4) is 17.1 Å². The van der Waals surface area contributed by atoms with Gasteiger partial charge in [0.2, 0.25) is 11.9 Å². The smallest absolute Gasteiger partial charge is 0.227 e. The van der Waals surface area contributed by atoms with Crippen molar-refractivity contribution in [2.45, 2.75) is 32.2 Å². The molecule has 0 bridgehead atoms. The molecule has 0 radical (unpaired) electrons. The van der Waals surface area contributed by atoms with E-state index in [1.165, 1.54) is 0 Å². The van der Waals surface area contributed by atoms with E-state index in [1.54, 1.807) is 13.3 Å². The summed E-state index contributed by atoms with van der Waals surface area (Å²) >= 11 is 0. The van der Waals surface area contributed by atoms with Crippen LogP contribution >= 0.6 is 0 Å². The van der Waals surface area contributed by atoms with Crippen LogP contribution in [-0.2, 0) is 11.2 Å². The second kappa shape index (κ2) is 8.75. The third-order valence-electron chi connectivity index (χ3n) is 5.50. The van der Waals surface area contributed by atoms with E-state index in [2.05, 4.69) is 10.1 Å². The van der Waals surface area contributed by atoms with Crippen LogP contribution in [0.4, 0.5) is 5.95 Å². The van der Waals surface area contributed by atoms with Crippen molar-refractivity contribution in [3.63, 3.8) is 0 Å². The topological polar surface area (TPSA) is 84.6 Å². The highest BCUT2D eigenvalue weighted by atomic mass is 16.5. The molecule has 0 saturated carbocycles. The molecule has 8 nitrogen and oxygen atoms in total. The number of hydrogen-bond acceptors (Lipinski definition) is 7. The van der Waals surface area contributed by atoms with Crippen LogP contribution in [0.1, 0.15) is 35.8 Å². The summed E-state index contributed by atoms with van der Waals surface area (Å²) in [5.41, 5.74) is 3.33. The molecule has 1 fully saturated rings. The molecule has 3 aromatic rings. The Bertz CT molecular complexity index is 1060. The summed E-state index contributed by atoms with van der Waals surface area (Å²) in [6.45, 7) is 2.58. The van der Waals surface area contributed by atoms with Crippen molar-refractivity contribution >= 4 is 11.9 Å². The van der Waals surface area contributed by atoms with Gasteiger partial charge in [-0.3, -0.25) is 4.79 Å². The molecule has 1 aliphatic rings. The van der Waals surface area contributed by atoms with Gasteiger partial charge in [-0.2, -0.15) is 0 Å². The molecule has 1 saturated heterocycles. The highest BCUT2D eigenvalue weighted by Crippen LogP contribution is 2.37. The number of methoxy groups -OCH3 is 1. The van der Waals surface area contributed by atoms with Gasteiger partial charge in [0.05, 0.1) is 36.5 Å². The molecule has 0 unspecified atom stereocenters. The van der Waals surface area contributed by atoms with E-state index < -0.39 is 0 Å². The number of hydrogen-bond donors (Lipinski definition) is 0. The number of amides is 1. The fourth-order valence-corrected chi connectivity index (χ4v) is 3.90. The summed E-state index contributed by atoms with van der Waals surface area (Å²) in [5, 5.41) is 4.01. The third-order valence-corrected chi connectivity index (χ3v) is 5.50. The number of benzene rings is 1. The van der Waals surface area contributed by atoms with Crippen molar-refractivity contribution in [2.75, 3.05) is 32.6 Å². The Balaban J connectivity index is 1.65. The summed E-state index contributed by atoms with van der Waals surface area (Å²) in [6.07, 6.45) is 3.87. The fourth-order valence-electron chi connectivity index (χ4n) is 3.90. The molecule has 2 aromatic heterocycles. The minimum absolute atomic E-state index is 0.0809. The SMILES string of the molecule is COc1ccc(CC(=O)N2CCC[C@@H]2c2nc(N(C)C)ncc2-c2cc(C)no2)cc1. The maximum atomic E-state index is 13.2. The van der Waals surface area contributed by atoms with Crippen LogP contribution in [0.2, 0.25) is 0 Å². The van der Waals surface area contributed by atoms with E-state index in [9.17, 15) is 4.79 Å². The first-order valence-corrected chi connectivity index (χ1v) is 10.4. The van der Waals surface area contributed by atoms with Crippen LogP contribution < -0.4 is 9.64 Å². The lowest BCUT2D eigenvalue weighted by Gasteiger charge is -2.26. The fraction of sp³-hybridized carbons (Fsp3) is 0.391. The van der Waals surface area contributed by atoms with E-state index >= 15 is 0 Å². The minimum Gasteiger partial charge on any atom is -0.497 e. The number of likely N-dealkylation sites (tertiary alicyclic amines) is 1. The normalized spacial score (nSPS) is 15.9. The number of ether oxygens (including phenoxy) is 1. The second-order valence-corrected chi connectivity index (χ2v) is 7.97. The maximum Gasteiger partial charge on any atom is 0.227 e. The monoisotopic (exact) mass is 421 g/mol. The standard InChI is InChI=1S/C23H27N5O3/c1-15-12-20(31-26-15)18-14-24-23(27(2)3)25-22(18)19-6-5-11-28(19)21(29)13-16-7-9-17(30-4)10-8-16/h7-10,12,14,19H,5-6,11,13H2,1-4H3/t19-/m1/s1. The highest BCUT2D eigenvalue weighted by molar-refractivity contribution is 5.80. The van der Waals surface area contributed by atoms with Crippen molar-refractivity contribution in [2.24, 2.45) is 0 Å². The molecular formula is C23H27N5O3. The first-order valence-electron chi connectivity index (χ1n) is 10.4. The van der Waals surface area contributed by atoms with Gasteiger partial charge in [-0.1, -0.05) is 17.3 Å². The number of carbonyl (C=O) groups is 1. The third kappa shape index (κ3) is 4.38.